The summed E-state index contributed by atoms with van der Waals surface area (Å²) in [7, 11) is 0. The van der Waals surface area contributed by atoms with Gasteiger partial charge in [0.15, 0.2) is 10.9 Å². The first kappa shape index (κ1) is 22.9. The molecule has 0 bridgehead atoms. The van der Waals surface area contributed by atoms with Crippen LogP contribution in [0.3, 0.4) is 0 Å². The zero-order valence-corrected chi connectivity index (χ0v) is 20.0. The van der Waals surface area contributed by atoms with Crippen LogP contribution in [0.1, 0.15) is 50.6 Å². The SMILES string of the molecule is CC(=O)c1sc(N2C(=O)C(=O)/C(=C(/O)c3cc(C)ccc3C)C2c2cccc(Cl)c2)nc1C. The minimum Gasteiger partial charge on any atom is -0.507 e. The number of benzene rings is 2. The Morgan fingerprint density at radius 1 is 1.12 bits per heavy atom. The van der Waals surface area contributed by atoms with E-state index >= 15 is 0 Å². The Bertz CT molecular complexity index is 1360. The van der Waals surface area contributed by atoms with Crippen LogP contribution in [0.2, 0.25) is 5.02 Å². The molecule has 1 aromatic heterocycles. The fourth-order valence-electron chi connectivity index (χ4n) is 3.97. The fourth-order valence-corrected chi connectivity index (χ4v) is 5.16. The molecular weight excluding hydrogens is 460 g/mol. The Hall–Kier alpha value is -3.29. The average molecular weight is 481 g/mol. The lowest BCUT2D eigenvalue weighted by Gasteiger charge is -2.23. The molecule has 0 spiro atoms. The summed E-state index contributed by atoms with van der Waals surface area (Å²) in [5, 5.41) is 11.9. The molecule has 6 nitrogen and oxygen atoms in total. The number of nitrogens with zero attached hydrogens (tertiary/aromatic N) is 2. The number of hydrogen-bond acceptors (Lipinski definition) is 6. The number of carbonyl (C=O) groups excluding carboxylic acids is 3. The predicted octanol–water partition coefficient (Wildman–Crippen LogP) is 5.55. The third-order valence-electron chi connectivity index (χ3n) is 5.57. The maximum absolute atomic E-state index is 13.3. The van der Waals surface area contributed by atoms with Crippen LogP contribution in [0.5, 0.6) is 0 Å². The van der Waals surface area contributed by atoms with E-state index in [0.717, 1.165) is 22.5 Å². The van der Waals surface area contributed by atoms with Gasteiger partial charge in [-0.25, -0.2) is 4.98 Å². The number of rotatable bonds is 4. The Kier molecular flexibility index (Phi) is 5.95. The number of amides is 1. The molecular formula is C25H21ClN2O4S. The van der Waals surface area contributed by atoms with Gasteiger partial charge in [-0.2, -0.15) is 0 Å². The van der Waals surface area contributed by atoms with Gasteiger partial charge in [0.2, 0.25) is 0 Å². The Labute approximate surface area is 200 Å². The third kappa shape index (κ3) is 3.98. The summed E-state index contributed by atoms with van der Waals surface area (Å²) in [6.45, 7) is 6.80. The monoisotopic (exact) mass is 480 g/mol. The number of carbonyl (C=O) groups is 3. The van der Waals surface area contributed by atoms with E-state index in [1.807, 2.05) is 26.0 Å². The van der Waals surface area contributed by atoms with E-state index in [-0.39, 0.29) is 22.2 Å². The molecule has 0 radical (unpaired) electrons. The molecule has 8 heteroatoms. The van der Waals surface area contributed by atoms with Crippen molar-refractivity contribution in [3.05, 3.63) is 85.9 Å². The summed E-state index contributed by atoms with van der Waals surface area (Å²) in [5.41, 5.74) is 3.11. The Balaban J connectivity index is 1.99. The Morgan fingerprint density at radius 2 is 1.85 bits per heavy atom. The number of thiazole rings is 1. The maximum atomic E-state index is 13.3. The number of ketones is 2. The first-order valence-corrected chi connectivity index (χ1v) is 11.4. The van der Waals surface area contributed by atoms with E-state index in [2.05, 4.69) is 4.98 Å². The zero-order chi connectivity index (χ0) is 24.0. The van der Waals surface area contributed by atoms with Crippen LogP contribution in [0, 0.1) is 20.8 Å². The lowest BCUT2D eigenvalue weighted by molar-refractivity contribution is -0.132. The molecule has 0 aliphatic carbocycles. The van der Waals surface area contributed by atoms with E-state index in [0.29, 0.717) is 26.7 Å². The molecule has 1 N–H and O–H groups in total. The number of hydrogen-bond donors (Lipinski definition) is 1. The highest BCUT2D eigenvalue weighted by atomic mass is 35.5. The number of aromatic nitrogens is 1. The molecule has 1 unspecified atom stereocenters. The number of aliphatic hydroxyl groups excluding tert-OH is 1. The van der Waals surface area contributed by atoms with Crippen molar-refractivity contribution in [3.8, 4) is 0 Å². The molecule has 4 rings (SSSR count). The fraction of sp³-hybridized carbons (Fsp3) is 0.200. The van der Waals surface area contributed by atoms with Gasteiger partial charge in [0.1, 0.15) is 5.76 Å². The van der Waals surface area contributed by atoms with Crippen molar-refractivity contribution in [1.29, 1.82) is 0 Å². The van der Waals surface area contributed by atoms with Crippen LogP contribution in [0.4, 0.5) is 5.13 Å². The molecule has 1 amide bonds. The molecule has 33 heavy (non-hydrogen) atoms. The minimum atomic E-state index is -0.950. The highest BCUT2D eigenvalue weighted by molar-refractivity contribution is 7.18. The average Bonchev–Trinajstić information content (AvgIpc) is 3.27. The predicted molar refractivity (Wildman–Crippen MR) is 129 cm³/mol. The van der Waals surface area contributed by atoms with E-state index in [1.54, 1.807) is 37.3 Å². The summed E-state index contributed by atoms with van der Waals surface area (Å²) in [4.78, 5) is 44.6. The summed E-state index contributed by atoms with van der Waals surface area (Å²) >= 11 is 7.27. The van der Waals surface area contributed by atoms with Crippen molar-refractivity contribution in [3.63, 3.8) is 0 Å². The molecule has 1 aliphatic rings. The second kappa shape index (κ2) is 8.57. The molecule has 3 aromatic rings. The van der Waals surface area contributed by atoms with E-state index < -0.39 is 17.7 Å². The van der Waals surface area contributed by atoms with Gasteiger partial charge in [0.05, 0.1) is 22.2 Å². The number of anilines is 1. The molecule has 0 saturated carbocycles. The zero-order valence-electron chi connectivity index (χ0n) is 18.5. The topological polar surface area (TPSA) is 87.6 Å². The van der Waals surface area contributed by atoms with Gasteiger partial charge >= 0.3 is 5.91 Å². The number of Topliss-reactive ketones (excluding diaryl/α,β-unsaturated/α-hetero) is 2. The van der Waals surface area contributed by atoms with Crippen molar-refractivity contribution in [1.82, 2.24) is 4.98 Å². The maximum Gasteiger partial charge on any atom is 0.301 e. The molecule has 2 aromatic carbocycles. The molecule has 168 valence electrons. The van der Waals surface area contributed by atoms with Crippen LogP contribution in [0.25, 0.3) is 5.76 Å². The van der Waals surface area contributed by atoms with Gasteiger partial charge in [-0.05, 0) is 50.1 Å². The first-order valence-electron chi connectivity index (χ1n) is 10.2. The lowest BCUT2D eigenvalue weighted by atomic mass is 9.93. The van der Waals surface area contributed by atoms with E-state index in [1.165, 1.54) is 11.8 Å². The van der Waals surface area contributed by atoms with Crippen molar-refractivity contribution < 1.29 is 19.5 Å². The lowest BCUT2D eigenvalue weighted by Crippen LogP contribution is -2.29. The van der Waals surface area contributed by atoms with Gasteiger partial charge in [0.25, 0.3) is 5.78 Å². The van der Waals surface area contributed by atoms with Gasteiger partial charge in [0, 0.05) is 17.5 Å². The van der Waals surface area contributed by atoms with E-state index in [9.17, 15) is 19.5 Å². The van der Waals surface area contributed by atoms with Gasteiger partial charge in [-0.15, -0.1) is 0 Å². The molecule has 1 atom stereocenters. The smallest absolute Gasteiger partial charge is 0.301 e. The van der Waals surface area contributed by atoms with Gasteiger partial charge in [-0.3, -0.25) is 19.3 Å². The Morgan fingerprint density at radius 3 is 2.48 bits per heavy atom. The quantitative estimate of drug-likeness (QED) is 0.229. The van der Waals surface area contributed by atoms with Gasteiger partial charge in [-0.1, -0.05) is 52.8 Å². The van der Waals surface area contributed by atoms with Crippen LogP contribution in [-0.4, -0.2) is 27.6 Å². The van der Waals surface area contributed by atoms with Crippen molar-refractivity contribution in [2.75, 3.05) is 4.90 Å². The van der Waals surface area contributed by atoms with Crippen molar-refractivity contribution in [2.45, 2.75) is 33.7 Å². The molecule has 1 fully saturated rings. The minimum absolute atomic E-state index is 0.0480. The normalized spacial score (nSPS) is 17.6. The van der Waals surface area contributed by atoms with Crippen LogP contribution < -0.4 is 4.90 Å². The second-order valence-electron chi connectivity index (χ2n) is 8.01. The van der Waals surface area contributed by atoms with Crippen molar-refractivity contribution in [2.24, 2.45) is 0 Å². The van der Waals surface area contributed by atoms with Crippen LogP contribution in [0.15, 0.2) is 48.0 Å². The summed E-state index contributed by atoms with van der Waals surface area (Å²) in [6, 6.07) is 11.3. The summed E-state index contributed by atoms with van der Waals surface area (Å²) in [6.07, 6.45) is 0. The van der Waals surface area contributed by atoms with E-state index in [4.69, 9.17) is 11.6 Å². The van der Waals surface area contributed by atoms with Crippen LogP contribution >= 0.6 is 22.9 Å². The summed E-state index contributed by atoms with van der Waals surface area (Å²) < 4.78 is 0. The largest absolute Gasteiger partial charge is 0.507 e. The standard InChI is InChI=1S/C25H21ClN2O4S/c1-12-8-9-13(2)18(10-12)21(30)19-20(16-6-5-7-17(26)11-16)28(24(32)22(19)31)25-27-14(3)23(33-25)15(4)29/h5-11,20,30H,1-4H3/b21-19+. The molecule has 1 saturated heterocycles. The highest BCUT2D eigenvalue weighted by Crippen LogP contribution is 2.44. The number of halogens is 1. The molecule has 2 heterocycles. The number of aliphatic hydroxyl groups is 1. The highest BCUT2D eigenvalue weighted by Gasteiger charge is 2.48. The van der Waals surface area contributed by atoms with Gasteiger partial charge < -0.3 is 5.11 Å². The third-order valence-corrected chi connectivity index (χ3v) is 7.06. The van der Waals surface area contributed by atoms with Crippen LogP contribution in [-0.2, 0) is 9.59 Å². The number of aryl methyl sites for hydroxylation is 3. The second-order valence-corrected chi connectivity index (χ2v) is 9.42. The van der Waals surface area contributed by atoms with Crippen molar-refractivity contribution >= 4 is 51.3 Å². The molecule has 1 aliphatic heterocycles. The first-order chi connectivity index (χ1) is 15.6. The summed E-state index contributed by atoms with van der Waals surface area (Å²) in [5.74, 6) is -2.09.